The topological polar surface area (TPSA) is 44.4 Å². The highest BCUT2D eigenvalue weighted by atomic mass is 19.4. The van der Waals surface area contributed by atoms with Crippen LogP contribution in [-0.4, -0.2) is 36.5 Å². The third-order valence-corrected chi connectivity index (χ3v) is 5.55. The fraction of sp³-hybridized carbons (Fsp3) is 0.381. The maximum atomic E-state index is 12.7. The number of amides is 1. The number of para-hydroxylation sites is 2. The highest BCUT2D eigenvalue weighted by Crippen LogP contribution is 2.31. The minimum absolute atomic E-state index is 0.0417. The van der Waals surface area contributed by atoms with Gasteiger partial charge in [-0.1, -0.05) is 24.3 Å². The molecule has 2 aromatic carbocycles. The summed E-state index contributed by atoms with van der Waals surface area (Å²) in [4.78, 5) is 14.5. The average molecular weight is 389 g/mol. The fourth-order valence-electron chi connectivity index (χ4n) is 3.96. The quantitative estimate of drug-likeness (QED) is 0.816. The number of nitrogens with zero attached hydrogens (tertiary/aromatic N) is 1. The molecule has 0 radical (unpaired) electrons. The molecule has 0 aliphatic carbocycles. The van der Waals surface area contributed by atoms with E-state index < -0.39 is 11.7 Å². The van der Waals surface area contributed by atoms with Gasteiger partial charge < -0.3 is 15.5 Å². The number of hydrogen-bond acceptors (Lipinski definition) is 3. The van der Waals surface area contributed by atoms with Gasteiger partial charge in [0.05, 0.1) is 23.4 Å². The summed E-state index contributed by atoms with van der Waals surface area (Å²) >= 11 is 0. The van der Waals surface area contributed by atoms with E-state index in [1.54, 1.807) is 0 Å². The predicted octanol–water partition coefficient (Wildman–Crippen LogP) is 4.00. The Morgan fingerprint density at radius 3 is 2.50 bits per heavy atom. The summed E-state index contributed by atoms with van der Waals surface area (Å²) in [6, 6.07) is 13.2. The first kappa shape index (κ1) is 18.7. The van der Waals surface area contributed by atoms with Crippen molar-refractivity contribution in [2.24, 2.45) is 5.92 Å². The van der Waals surface area contributed by atoms with E-state index in [2.05, 4.69) is 10.6 Å². The molecule has 0 bridgehead atoms. The van der Waals surface area contributed by atoms with Crippen LogP contribution in [-0.2, 0) is 17.4 Å². The van der Waals surface area contributed by atoms with E-state index in [1.807, 2.05) is 29.2 Å². The second-order valence-electron chi connectivity index (χ2n) is 7.44. The molecule has 0 spiro atoms. The minimum Gasteiger partial charge on any atom is -0.383 e. The Labute approximate surface area is 161 Å². The lowest BCUT2D eigenvalue weighted by Gasteiger charge is -2.38. The first-order valence-corrected chi connectivity index (χ1v) is 9.43. The molecule has 2 heterocycles. The highest BCUT2D eigenvalue weighted by molar-refractivity contribution is 5.79. The molecule has 0 aromatic heterocycles. The number of carbonyl (C=O) groups excluding carboxylic acids is 1. The molecule has 2 N–H and O–H groups in total. The van der Waals surface area contributed by atoms with Gasteiger partial charge in [-0.15, -0.1) is 0 Å². The van der Waals surface area contributed by atoms with Gasteiger partial charge in [0.1, 0.15) is 0 Å². The zero-order valence-corrected chi connectivity index (χ0v) is 15.3. The summed E-state index contributed by atoms with van der Waals surface area (Å²) in [5, 5.41) is 7.03. The van der Waals surface area contributed by atoms with Crippen molar-refractivity contribution in [1.82, 2.24) is 4.90 Å². The maximum absolute atomic E-state index is 12.7. The fourth-order valence-corrected chi connectivity index (χ4v) is 3.96. The standard InChI is InChI=1S/C21H22F3N3O/c22-21(23,24)16-7-5-14(6-8-16)11-20(28)27-10-9-17-15(13-27)12-25-18-3-1-2-4-19(18)26-17/h1-8,15,17,25-26H,9-13H2. The van der Waals surface area contributed by atoms with Gasteiger partial charge in [0.15, 0.2) is 0 Å². The first-order chi connectivity index (χ1) is 13.4. The summed E-state index contributed by atoms with van der Waals surface area (Å²) < 4.78 is 38.0. The van der Waals surface area contributed by atoms with Crippen molar-refractivity contribution in [2.75, 3.05) is 30.3 Å². The molecule has 2 atom stereocenters. The van der Waals surface area contributed by atoms with Crippen LogP contribution in [0.1, 0.15) is 17.5 Å². The van der Waals surface area contributed by atoms with Crippen molar-refractivity contribution < 1.29 is 18.0 Å². The Morgan fingerprint density at radius 2 is 1.79 bits per heavy atom. The molecule has 2 aromatic rings. The van der Waals surface area contributed by atoms with Crippen molar-refractivity contribution in [1.29, 1.82) is 0 Å². The minimum atomic E-state index is -4.36. The van der Waals surface area contributed by atoms with Crippen molar-refractivity contribution in [3.8, 4) is 0 Å². The van der Waals surface area contributed by atoms with Gasteiger partial charge in [0.25, 0.3) is 0 Å². The van der Waals surface area contributed by atoms with E-state index in [-0.39, 0.29) is 18.2 Å². The van der Waals surface area contributed by atoms with Crippen molar-refractivity contribution >= 4 is 17.3 Å². The number of likely N-dealkylation sites (tertiary alicyclic amines) is 1. The van der Waals surface area contributed by atoms with E-state index in [9.17, 15) is 18.0 Å². The molecule has 2 aliphatic rings. The maximum Gasteiger partial charge on any atom is 0.416 e. The van der Waals surface area contributed by atoms with Gasteiger partial charge in [0, 0.05) is 31.6 Å². The van der Waals surface area contributed by atoms with Crippen LogP contribution in [0, 0.1) is 5.92 Å². The zero-order chi connectivity index (χ0) is 19.7. The molecular formula is C21H22F3N3O. The van der Waals surface area contributed by atoms with Crippen LogP contribution in [0.5, 0.6) is 0 Å². The number of benzene rings is 2. The number of rotatable bonds is 2. The monoisotopic (exact) mass is 389 g/mol. The predicted molar refractivity (Wildman–Crippen MR) is 102 cm³/mol. The van der Waals surface area contributed by atoms with Crippen molar-refractivity contribution in [2.45, 2.75) is 25.1 Å². The smallest absolute Gasteiger partial charge is 0.383 e. The van der Waals surface area contributed by atoms with E-state index >= 15 is 0 Å². The normalized spacial score (nSPS) is 21.6. The second-order valence-corrected chi connectivity index (χ2v) is 7.44. The lowest BCUT2D eigenvalue weighted by atomic mass is 9.91. The summed E-state index contributed by atoms with van der Waals surface area (Å²) in [6.45, 7) is 2.06. The molecule has 2 aliphatic heterocycles. The molecule has 1 amide bonds. The van der Waals surface area contributed by atoms with Crippen LogP contribution in [0.25, 0.3) is 0 Å². The number of nitrogens with one attached hydrogen (secondary N) is 2. The van der Waals surface area contributed by atoms with Crippen molar-refractivity contribution in [3.63, 3.8) is 0 Å². The van der Waals surface area contributed by atoms with Crippen LogP contribution in [0.2, 0.25) is 0 Å². The van der Waals surface area contributed by atoms with Crippen molar-refractivity contribution in [3.05, 3.63) is 59.7 Å². The Morgan fingerprint density at radius 1 is 1.07 bits per heavy atom. The SMILES string of the molecule is O=C(Cc1ccc(C(F)(F)F)cc1)N1CCC2Nc3ccccc3NCC2C1. The average Bonchev–Trinajstić information content (AvgIpc) is 2.86. The molecule has 2 unspecified atom stereocenters. The number of fused-ring (bicyclic) bond motifs is 2. The molecule has 0 saturated carbocycles. The summed E-state index contributed by atoms with van der Waals surface area (Å²) in [7, 11) is 0. The Hall–Kier alpha value is -2.70. The van der Waals surface area contributed by atoms with Crippen LogP contribution in [0.3, 0.4) is 0 Å². The third-order valence-electron chi connectivity index (χ3n) is 5.55. The number of halogens is 3. The number of piperidine rings is 1. The van der Waals surface area contributed by atoms with Gasteiger partial charge in [-0.05, 0) is 36.2 Å². The van der Waals surface area contributed by atoms with Gasteiger partial charge in [0.2, 0.25) is 5.91 Å². The van der Waals surface area contributed by atoms with E-state index in [0.29, 0.717) is 24.7 Å². The molecule has 28 heavy (non-hydrogen) atoms. The summed E-state index contributed by atoms with van der Waals surface area (Å²) in [5.41, 5.74) is 2.06. The van der Waals surface area contributed by atoms with Gasteiger partial charge in [-0.2, -0.15) is 13.2 Å². The van der Waals surface area contributed by atoms with Crippen LogP contribution < -0.4 is 10.6 Å². The number of hydrogen-bond donors (Lipinski definition) is 2. The molecule has 1 saturated heterocycles. The van der Waals surface area contributed by atoms with Crippen LogP contribution >= 0.6 is 0 Å². The third kappa shape index (κ3) is 3.93. The largest absolute Gasteiger partial charge is 0.416 e. The van der Waals surface area contributed by atoms with E-state index in [4.69, 9.17) is 0 Å². The van der Waals surface area contributed by atoms with E-state index in [0.717, 1.165) is 36.5 Å². The van der Waals surface area contributed by atoms with Gasteiger partial charge in [-0.25, -0.2) is 0 Å². The Balaban J connectivity index is 1.38. The number of anilines is 2. The van der Waals surface area contributed by atoms with Crippen LogP contribution in [0.15, 0.2) is 48.5 Å². The molecule has 4 nitrogen and oxygen atoms in total. The lowest BCUT2D eigenvalue weighted by Crippen LogP contribution is -2.50. The molecule has 7 heteroatoms. The van der Waals surface area contributed by atoms with Crippen LogP contribution in [0.4, 0.5) is 24.5 Å². The molecule has 1 fully saturated rings. The molecule has 148 valence electrons. The van der Waals surface area contributed by atoms with Gasteiger partial charge in [-0.3, -0.25) is 4.79 Å². The molecule has 4 rings (SSSR count). The van der Waals surface area contributed by atoms with Gasteiger partial charge >= 0.3 is 6.18 Å². The first-order valence-electron chi connectivity index (χ1n) is 9.43. The summed E-state index contributed by atoms with van der Waals surface area (Å²) in [5.74, 6) is 0.234. The number of alkyl halides is 3. The molecular weight excluding hydrogens is 367 g/mol. The Bertz CT molecular complexity index is 851. The highest BCUT2D eigenvalue weighted by Gasteiger charge is 2.33. The second kappa shape index (κ2) is 7.37. The lowest BCUT2D eigenvalue weighted by molar-refractivity contribution is -0.137. The Kier molecular flexibility index (Phi) is 4.91. The van der Waals surface area contributed by atoms with E-state index in [1.165, 1.54) is 12.1 Å². The number of carbonyl (C=O) groups is 1. The summed E-state index contributed by atoms with van der Waals surface area (Å²) in [6.07, 6.45) is -3.39. The zero-order valence-electron chi connectivity index (χ0n) is 15.3.